The summed E-state index contributed by atoms with van der Waals surface area (Å²) in [6.45, 7) is 0. The van der Waals surface area contributed by atoms with E-state index < -0.39 is 0 Å². The summed E-state index contributed by atoms with van der Waals surface area (Å²) in [7, 11) is 6.49. The zero-order valence-corrected chi connectivity index (χ0v) is 39.5. The van der Waals surface area contributed by atoms with Crippen LogP contribution in [0.1, 0.15) is 0 Å². The van der Waals surface area contributed by atoms with Gasteiger partial charge in [0.1, 0.15) is 28.8 Å². The Morgan fingerprint density at radius 1 is 0.415 bits per heavy atom. The van der Waals surface area contributed by atoms with E-state index >= 15 is 0 Å². The van der Waals surface area contributed by atoms with E-state index in [-0.39, 0.29) is 19.5 Å². The molecule has 1 aromatic carbocycles. The van der Waals surface area contributed by atoms with Crippen LogP contribution in [0.2, 0.25) is 0 Å². The van der Waals surface area contributed by atoms with Gasteiger partial charge in [-0.1, -0.05) is 6.07 Å². The Balaban J connectivity index is 0.000000148. The van der Waals surface area contributed by atoms with Crippen LogP contribution in [0, 0.1) is 0 Å². The minimum absolute atomic E-state index is 0. The minimum atomic E-state index is 0. The summed E-state index contributed by atoms with van der Waals surface area (Å²) >= 11 is 5.38. The van der Waals surface area contributed by atoms with Gasteiger partial charge in [0.05, 0.1) is 78.2 Å². The average Bonchev–Trinajstić information content (AvgIpc) is 4.23. The zero-order chi connectivity index (χ0) is 43.8. The average molecular weight is 1000 g/mol. The molecule has 1 radical (unpaired) electrons. The Morgan fingerprint density at radius 2 is 0.846 bits per heavy atom. The molecule has 0 aliphatic rings. The maximum Gasteiger partial charge on any atom is 3.00 e. The maximum atomic E-state index is 5.13. The van der Waals surface area contributed by atoms with Gasteiger partial charge in [0, 0.05) is 91.7 Å². The zero-order valence-electron chi connectivity index (χ0n) is 35.3. The van der Waals surface area contributed by atoms with E-state index in [0.717, 1.165) is 89.3 Å². The van der Waals surface area contributed by atoms with Crippen molar-refractivity contribution < 1.29 is 38.4 Å². The van der Waals surface area contributed by atoms with Crippen LogP contribution in [0.4, 0.5) is 0 Å². The van der Waals surface area contributed by atoms with Crippen molar-refractivity contribution in [3.05, 3.63) is 152 Å². The van der Waals surface area contributed by atoms with Gasteiger partial charge in [0.15, 0.2) is 0 Å². The number of aromatic nitrogens is 8. The summed E-state index contributed by atoms with van der Waals surface area (Å²) in [5.41, 5.74) is 6.79. The van der Waals surface area contributed by atoms with Crippen molar-refractivity contribution in [3.8, 4) is 76.0 Å². The standard InChI is InChI=1S/C25H14N4S3.2C12H12N2O2.Ru/c1-4-14-21(26-11-1)22-15(5-2-12-27-22)24-23(14)28-25(29-24)20-10-9-19(32-20)18-8-7-17(31-18)16-6-3-13-30-16;2*1-15-9-3-5-13-11(7-9)12-8-10(16-2)4-6-14-12;/h1-13H,(H,28,29);2*3-8H,1-2H3;/q;;;+3. The Labute approximate surface area is 398 Å². The molecule has 0 saturated heterocycles. The summed E-state index contributed by atoms with van der Waals surface area (Å²) in [5, 5.41) is 4.19. The molecule has 0 bridgehead atoms. The fourth-order valence-corrected chi connectivity index (χ4v) is 9.67. The third-order valence-corrected chi connectivity index (χ3v) is 13.4. The van der Waals surface area contributed by atoms with E-state index in [0.29, 0.717) is 0 Å². The Bertz CT molecular complexity index is 3080. The Morgan fingerprint density at radius 3 is 1.31 bits per heavy atom. The largest absolute Gasteiger partial charge is 3.00 e. The molecule has 0 amide bonds. The molecule has 11 aromatic rings. The molecule has 10 heterocycles. The van der Waals surface area contributed by atoms with Gasteiger partial charge in [0.2, 0.25) is 0 Å². The smallest absolute Gasteiger partial charge is 0.497 e. The molecule has 0 aliphatic heterocycles. The number of nitrogens with one attached hydrogen (secondary N) is 1. The first-order chi connectivity index (χ1) is 31.5. The van der Waals surface area contributed by atoms with E-state index in [1.807, 2.05) is 60.1 Å². The number of pyridine rings is 6. The van der Waals surface area contributed by atoms with Gasteiger partial charge in [-0.2, -0.15) is 0 Å². The molecule has 0 fully saturated rings. The normalized spacial score (nSPS) is 10.6. The fraction of sp³-hybridized carbons (Fsp3) is 0.0816. The number of fused-ring (bicyclic) bond motifs is 6. The monoisotopic (exact) mass is 1000 g/mol. The first-order valence-corrected chi connectivity index (χ1v) is 22.3. The molecular weight excluding hydrogens is 962 g/mol. The maximum absolute atomic E-state index is 5.13. The number of imidazole rings is 1. The van der Waals surface area contributed by atoms with E-state index in [4.69, 9.17) is 23.9 Å². The Kier molecular flexibility index (Phi) is 14.2. The number of benzene rings is 1. The van der Waals surface area contributed by atoms with Crippen LogP contribution in [0.5, 0.6) is 23.0 Å². The minimum Gasteiger partial charge on any atom is -0.497 e. The SMILES string of the molecule is COc1ccnc(-c2cc(OC)ccn2)c1.COc1ccnc(-c2cc(OC)ccn2)c1.[Ru+3].c1csc(-c2ccc(-c3ccc(-c4nc5c6cccnc6c6ncccc6c5[nH]4)s3)s2)c1. The molecule has 1 N–H and O–H groups in total. The molecule has 12 nitrogen and oxygen atoms in total. The van der Waals surface area contributed by atoms with Crippen molar-refractivity contribution >= 4 is 66.8 Å². The van der Waals surface area contributed by atoms with Crippen LogP contribution >= 0.6 is 34.0 Å². The fourth-order valence-electron chi connectivity index (χ4n) is 6.79. The summed E-state index contributed by atoms with van der Waals surface area (Å²) in [4.78, 5) is 41.0. The molecule has 321 valence electrons. The van der Waals surface area contributed by atoms with Crippen molar-refractivity contribution in [2.45, 2.75) is 0 Å². The number of ether oxygens (including phenoxy) is 4. The van der Waals surface area contributed by atoms with Crippen LogP contribution in [-0.4, -0.2) is 68.3 Å². The number of H-pyrrole nitrogens is 1. The molecule has 11 rings (SSSR count). The number of hydrogen-bond donors (Lipinski definition) is 1. The quantitative estimate of drug-likeness (QED) is 0.109. The van der Waals surface area contributed by atoms with Crippen LogP contribution < -0.4 is 18.9 Å². The van der Waals surface area contributed by atoms with Crippen LogP contribution in [-0.2, 0) is 19.5 Å². The number of aromatic amines is 1. The number of methoxy groups -OCH3 is 4. The van der Waals surface area contributed by atoms with Crippen molar-refractivity contribution in [1.29, 1.82) is 0 Å². The number of rotatable bonds is 9. The van der Waals surface area contributed by atoms with Gasteiger partial charge in [-0.25, -0.2) is 4.98 Å². The topological polar surface area (TPSA) is 143 Å². The van der Waals surface area contributed by atoms with Crippen molar-refractivity contribution in [2.24, 2.45) is 0 Å². The number of nitrogens with zero attached hydrogens (tertiary/aromatic N) is 7. The molecule has 0 spiro atoms. The van der Waals surface area contributed by atoms with Gasteiger partial charge < -0.3 is 23.9 Å². The molecule has 65 heavy (non-hydrogen) atoms. The van der Waals surface area contributed by atoms with Crippen molar-refractivity contribution in [1.82, 2.24) is 39.9 Å². The molecule has 0 unspecified atom stereocenters. The second-order valence-corrected chi connectivity index (χ2v) is 16.9. The van der Waals surface area contributed by atoms with Gasteiger partial charge in [-0.15, -0.1) is 34.0 Å². The van der Waals surface area contributed by atoms with E-state index in [9.17, 15) is 0 Å². The molecule has 10 aromatic heterocycles. The van der Waals surface area contributed by atoms with E-state index in [1.54, 1.807) is 100 Å². The van der Waals surface area contributed by atoms with Gasteiger partial charge in [-0.3, -0.25) is 29.9 Å². The van der Waals surface area contributed by atoms with Crippen LogP contribution in [0.3, 0.4) is 0 Å². The first-order valence-electron chi connectivity index (χ1n) is 19.8. The molecule has 0 aliphatic carbocycles. The summed E-state index contributed by atoms with van der Waals surface area (Å²) in [5.74, 6) is 3.92. The van der Waals surface area contributed by atoms with Gasteiger partial charge >= 0.3 is 19.5 Å². The van der Waals surface area contributed by atoms with Gasteiger partial charge in [0.25, 0.3) is 0 Å². The second kappa shape index (κ2) is 20.7. The van der Waals surface area contributed by atoms with Crippen molar-refractivity contribution in [2.75, 3.05) is 28.4 Å². The number of thiophene rings is 3. The second-order valence-electron chi connectivity index (χ2n) is 13.7. The number of hydrogen-bond acceptors (Lipinski definition) is 14. The summed E-state index contributed by atoms with van der Waals surface area (Å²) in [6.07, 6.45) is 10.4. The summed E-state index contributed by atoms with van der Waals surface area (Å²) in [6, 6.07) is 35.6. The van der Waals surface area contributed by atoms with Crippen LogP contribution in [0.25, 0.3) is 85.8 Å². The third kappa shape index (κ3) is 9.91. The third-order valence-electron chi connectivity index (χ3n) is 9.91. The molecule has 0 atom stereocenters. The molecular formula is C49H38N8O4RuS3+3. The van der Waals surface area contributed by atoms with Gasteiger partial charge in [-0.05, 0) is 84.2 Å². The summed E-state index contributed by atoms with van der Waals surface area (Å²) < 4.78 is 20.5. The molecule has 16 heteroatoms. The van der Waals surface area contributed by atoms with E-state index in [1.165, 1.54) is 19.5 Å². The van der Waals surface area contributed by atoms with Crippen LogP contribution in [0.15, 0.2) is 152 Å². The predicted octanol–water partition coefficient (Wildman–Crippen LogP) is 12.2. The van der Waals surface area contributed by atoms with E-state index in [2.05, 4.69) is 88.8 Å². The molecule has 0 saturated carbocycles. The first kappa shape index (κ1) is 44.6. The Hall–Kier alpha value is -6.97. The van der Waals surface area contributed by atoms with Crippen molar-refractivity contribution in [3.63, 3.8) is 0 Å². The predicted molar refractivity (Wildman–Crippen MR) is 258 cm³/mol.